The second-order valence-corrected chi connectivity index (χ2v) is 12.5. The minimum absolute atomic E-state index is 0.0479. The van der Waals surface area contributed by atoms with Gasteiger partial charge in [-0.25, -0.2) is 0 Å². The van der Waals surface area contributed by atoms with Crippen molar-refractivity contribution in [1.82, 2.24) is 15.0 Å². The molecule has 4 aromatic rings. The molecule has 0 saturated heterocycles. The fourth-order valence-corrected chi connectivity index (χ4v) is 5.98. The Kier molecular flexibility index (Phi) is 9.03. The summed E-state index contributed by atoms with van der Waals surface area (Å²) in [6.45, 7) is 2.82. The van der Waals surface area contributed by atoms with Crippen LogP contribution in [0, 0.1) is 13.1 Å². The van der Waals surface area contributed by atoms with Crippen LogP contribution in [0.4, 0.5) is 5.69 Å². The van der Waals surface area contributed by atoms with Gasteiger partial charge in [0, 0.05) is 31.4 Å². The Morgan fingerprint density at radius 1 is 1.02 bits per heavy atom. The summed E-state index contributed by atoms with van der Waals surface area (Å²) in [5.41, 5.74) is 2.46. The molecule has 0 bridgehead atoms. The summed E-state index contributed by atoms with van der Waals surface area (Å²) in [6.07, 6.45) is 6.40. The number of nitrogens with zero attached hydrogens (tertiary/aromatic N) is 4. The van der Waals surface area contributed by atoms with Crippen molar-refractivity contribution in [2.45, 2.75) is 38.0 Å². The molecule has 3 aromatic carbocycles. The molecule has 1 unspecified atom stereocenters. The second-order valence-electron chi connectivity index (χ2n) is 10.0. The zero-order valence-corrected chi connectivity index (χ0v) is 26.3. The van der Waals surface area contributed by atoms with Crippen LogP contribution >= 0.6 is 45.2 Å². The monoisotopic (exact) mass is 760 g/mol. The number of aliphatic hydroxyl groups is 2. The third-order valence-electron chi connectivity index (χ3n) is 7.39. The van der Waals surface area contributed by atoms with Gasteiger partial charge in [-0.15, -0.1) is 5.10 Å². The summed E-state index contributed by atoms with van der Waals surface area (Å²) in [7, 11) is 0. The Bertz CT molecular complexity index is 1510. The van der Waals surface area contributed by atoms with Crippen molar-refractivity contribution in [3.8, 4) is 0 Å². The maximum absolute atomic E-state index is 13.8. The summed E-state index contributed by atoms with van der Waals surface area (Å²) in [6, 6.07) is 23.6. The SMILES string of the molecule is C[C@@H](/C=C/CCn1cc(C(CO)c2ccccc2)nn1)[C@]1(O)C(=O)N(Cc2ccc(I)cc2)c2ccc(I)cc21. The average Bonchev–Trinajstić information content (AvgIpc) is 3.51. The minimum atomic E-state index is -1.65. The van der Waals surface area contributed by atoms with Gasteiger partial charge in [0.15, 0.2) is 5.60 Å². The number of hydrogen-bond donors (Lipinski definition) is 2. The fraction of sp³-hybridized carbons (Fsp3) is 0.258. The molecule has 0 radical (unpaired) electrons. The van der Waals surface area contributed by atoms with Gasteiger partial charge in [0.1, 0.15) is 0 Å². The van der Waals surface area contributed by atoms with Crippen LogP contribution in [0.15, 0.2) is 91.1 Å². The Hall–Kier alpha value is -2.61. The standard InChI is InChI=1S/C31H30I2N4O3/c1-21(7-5-6-16-36-19-28(34-35-36)26(20-38)23-8-3-2-4-9-23)31(40)27-17-25(33)14-15-29(27)37(30(31)39)18-22-10-12-24(32)13-11-22/h2-5,7-15,17,19,21,26,38,40H,6,16,18,20H2,1H3/b7-5+/t21-,26?,31+/m0/s1. The molecule has 0 saturated carbocycles. The summed E-state index contributed by atoms with van der Waals surface area (Å²) in [4.78, 5) is 15.5. The first-order valence-corrected chi connectivity index (χ1v) is 15.3. The first-order chi connectivity index (χ1) is 19.3. The van der Waals surface area contributed by atoms with E-state index in [1.807, 2.05) is 98.1 Å². The van der Waals surface area contributed by atoms with Crippen LogP contribution in [0.2, 0.25) is 0 Å². The lowest BCUT2D eigenvalue weighted by Gasteiger charge is -2.27. The Morgan fingerprint density at radius 2 is 1.75 bits per heavy atom. The molecule has 0 spiro atoms. The molecular formula is C31H30I2N4O3. The van der Waals surface area contributed by atoms with Gasteiger partial charge in [-0.05, 0) is 93.1 Å². The van der Waals surface area contributed by atoms with Crippen LogP contribution in [-0.2, 0) is 23.5 Å². The highest BCUT2D eigenvalue weighted by Gasteiger charge is 2.52. The molecule has 1 aliphatic heterocycles. The third-order valence-corrected chi connectivity index (χ3v) is 8.78. The molecule has 206 valence electrons. The van der Waals surface area contributed by atoms with Crippen molar-refractivity contribution < 1.29 is 15.0 Å². The molecule has 1 amide bonds. The zero-order valence-electron chi connectivity index (χ0n) is 22.0. The van der Waals surface area contributed by atoms with E-state index in [0.29, 0.717) is 25.1 Å². The number of aryl methyl sites for hydroxylation is 1. The van der Waals surface area contributed by atoms with Gasteiger partial charge in [-0.2, -0.15) is 0 Å². The van der Waals surface area contributed by atoms with Crippen LogP contribution in [0.1, 0.15) is 41.6 Å². The normalized spacial score (nSPS) is 18.3. The maximum Gasteiger partial charge on any atom is 0.264 e. The smallest absolute Gasteiger partial charge is 0.264 e. The van der Waals surface area contributed by atoms with Crippen LogP contribution < -0.4 is 4.90 Å². The van der Waals surface area contributed by atoms with E-state index in [1.54, 1.807) is 9.58 Å². The predicted octanol–water partition coefficient (Wildman–Crippen LogP) is 5.63. The number of fused-ring (bicyclic) bond motifs is 1. The Labute approximate surface area is 261 Å². The highest BCUT2D eigenvalue weighted by Crippen LogP contribution is 2.46. The van der Waals surface area contributed by atoms with Gasteiger partial charge in [0.2, 0.25) is 0 Å². The van der Waals surface area contributed by atoms with E-state index in [0.717, 1.165) is 29.6 Å². The minimum Gasteiger partial charge on any atom is -0.395 e. The number of anilines is 1. The maximum atomic E-state index is 13.8. The lowest BCUT2D eigenvalue weighted by molar-refractivity contribution is -0.139. The Balaban J connectivity index is 1.28. The Morgan fingerprint density at radius 3 is 2.48 bits per heavy atom. The zero-order chi connectivity index (χ0) is 28.3. The number of allylic oxidation sites excluding steroid dienone is 1. The molecule has 1 aromatic heterocycles. The van der Waals surface area contributed by atoms with Gasteiger partial charge in [-0.1, -0.05) is 66.8 Å². The second kappa shape index (κ2) is 12.5. The van der Waals surface area contributed by atoms with Gasteiger partial charge >= 0.3 is 0 Å². The van der Waals surface area contributed by atoms with Crippen LogP contribution in [0.25, 0.3) is 0 Å². The van der Waals surface area contributed by atoms with Crippen molar-refractivity contribution in [3.63, 3.8) is 0 Å². The number of rotatable bonds is 10. The highest BCUT2D eigenvalue weighted by atomic mass is 127. The quantitative estimate of drug-likeness (QED) is 0.162. The number of hydrogen-bond acceptors (Lipinski definition) is 5. The molecular weight excluding hydrogens is 730 g/mol. The van der Waals surface area contributed by atoms with E-state index in [4.69, 9.17) is 0 Å². The van der Waals surface area contributed by atoms with E-state index in [-0.39, 0.29) is 18.4 Å². The summed E-state index contributed by atoms with van der Waals surface area (Å²) in [5.74, 6) is -0.975. The lowest BCUT2D eigenvalue weighted by Crippen LogP contribution is -2.44. The molecule has 9 heteroatoms. The molecule has 2 N–H and O–H groups in total. The van der Waals surface area contributed by atoms with Crippen molar-refractivity contribution in [1.29, 1.82) is 0 Å². The third kappa shape index (κ3) is 5.88. The van der Waals surface area contributed by atoms with Gasteiger partial charge < -0.3 is 15.1 Å². The van der Waals surface area contributed by atoms with E-state index in [9.17, 15) is 15.0 Å². The van der Waals surface area contributed by atoms with Gasteiger partial charge in [0.05, 0.1) is 30.5 Å². The number of carbonyl (C=O) groups is 1. The molecule has 40 heavy (non-hydrogen) atoms. The van der Waals surface area contributed by atoms with E-state index >= 15 is 0 Å². The molecule has 2 heterocycles. The molecule has 7 nitrogen and oxygen atoms in total. The van der Waals surface area contributed by atoms with E-state index < -0.39 is 11.5 Å². The first kappa shape index (κ1) is 28.9. The van der Waals surface area contributed by atoms with E-state index in [1.165, 1.54) is 0 Å². The molecule has 5 rings (SSSR count). The molecule has 0 fully saturated rings. The topological polar surface area (TPSA) is 91.5 Å². The average molecular weight is 760 g/mol. The molecule has 1 aliphatic rings. The summed E-state index contributed by atoms with van der Waals surface area (Å²) in [5, 5.41) is 30.4. The lowest BCUT2D eigenvalue weighted by atomic mass is 9.83. The van der Waals surface area contributed by atoms with Crippen LogP contribution in [-0.4, -0.2) is 37.7 Å². The van der Waals surface area contributed by atoms with Crippen LogP contribution in [0.3, 0.4) is 0 Å². The van der Waals surface area contributed by atoms with Crippen LogP contribution in [0.5, 0.6) is 0 Å². The fourth-order valence-electron chi connectivity index (χ4n) is 5.13. The number of amides is 1. The van der Waals surface area contributed by atoms with Gasteiger partial charge in [-0.3, -0.25) is 9.48 Å². The summed E-state index contributed by atoms with van der Waals surface area (Å²) < 4.78 is 3.85. The number of aromatic nitrogens is 3. The van der Waals surface area contributed by atoms with Crippen molar-refractivity contribution in [3.05, 3.63) is 121 Å². The number of carbonyl (C=O) groups excluding carboxylic acids is 1. The molecule has 0 aliphatic carbocycles. The van der Waals surface area contributed by atoms with Gasteiger partial charge in [0.25, 0.3) is 5.91 Å². The number of aliphatic hydroxyl groups excluding tert-OH is 1. The molecule has 3 atom stereocenters. The van der Waals surface area contributed by atoms with Crippen molar-refractivity contribution >= 4 is 56.8 Å². The predicted molar refractivity (Wildman–Crippen MR) is 172 cm³/mol. The highest BCUT2D eigenvalue weighted by molar-refractivity contribution is 14.1. The summed E-state index contributed by atoms with van der Waals surface area (Å²) >= 11 is 4.48. The van der Waals surface area contributed by atoms with Crippen molar-refractivity contribution in [2.75, 3.05) is 11.5 Å². The largest absolute Gasteiger partial charge is 0.395 e. The number of benzene rings is 3. The number of halogens is 2. The first-order valence-electron chi connectivity index (χ1n) is 13.1. The van der Waals surface area contributed by atoms with Crippen molar-refractivity contribution in [2.24, 2.45) is 5.92 Å². The van der Waals surface area contributed by atoms with E-state index in [2.05, 4.69) is 55.5 Å².